The van der Waals surface area contributed by atoms with Crippen LogP contribution >= 0.6 is 0 Å². The van der Waals surface area contributed by atoms with Gasteiger partial charge in [0.15, 0.2) is 17.3 Å². The van der Waals surface area contributed by atoms with Gasteiger partial charge in [-0.1, -0.05) is 56.7 Å². The Labute approximate surface area is 184 Å². The summed E-state index contributed by atoms with van der Waals surface area (Å²) in [5, 5.41) is 29.9. The molecule has 0 aliphatic rings. The monoisotopic (exact) mass is 441 g/mol. The van der Waals surface area contributed by atoms with Crippen molar-refractivity contribution in [2.75, 3.05) is 0 Å². The number of hydrogen-bond acceptors (Lipinski definition) is 6. The SMILES string of the molecule is CC(=O)/C=C(/C)[O-].CC(=O)/C=C(/C)[O-].CC(=O)/C=C(/C)[O-].Cc1ccccc1.[Cr+3]. The van der Waals surface area contributed by atoms with Gasteiger partial charge in [0.2, 0.25) is 0 Å². The number of carbonyl (C=O) groups is 3. The summed E-state index contributed by atoms with van der Waals surface area (Å²) in [6, 6.07) is 10.3. The van der Waals surface area contributed by atoms with Crippen LogP contribution in [-0.4, -0.2) is 17.3 Å². The maximum Gasteiger partial charge on any atom is 3.00 e. The molecule has 0 unspecified atom stereocenters. The molecule has 1 aromatic carbocycles. The predicted octanol–water partition coefficient (Wildman–Crippen LogP) is 1.51. The molecule has 6 nitrogen and oxygen atoms in total. The number of rotatable bonds is 3. The second kappa shape index (κ2) is 21.7. The first-order chi connectivity index (χ1) is 12.8. The summed E-state index contributed by atoms with van der Waals surface area (Å²) in [6.07, 6.45) is 3.17. The molecule has 0 saturated carbocycles. The van der Waals surface area contributed by atoms with Gasteiger partial charge >= 0.3 is 17.4 Å². The molecule has 0 spiro atoms. The topological polar surface area (TPSA) is 120 Å². The Hall–Kier alpha value is -2.62. The van der Waals surface area contributed by atoms with Crippen molar-refractivity contribution in [1.82, 2.24) is 0 Å². The first-order valence-corrected chi connectivity index (χ1v) is 8.37. The standard InChI is InChI=1S/C7H8.3C5H8O2.Cr/c1-7-5-3-2-4-6-7;3*1-4(6)3-5(2)7;/h2-6H,1H3;3*3,6H,1-2H3;/q;;;;+3/p-3/b;3*4-3-;. The first kappa shape index (κ1) is 33.9. The van der Waals surface area contributed by atoms with Gasteiger partial charge in [-0.3, -0.25) is 14.4 Å². The smallest absolute Gasteiger partial charge is 0.876 e. The predicted molar refractivity (Wildman–Crippen MR) is 104 cm³/mol. The molecule has 1 rings (SSSR count). The summed E-state index contributed by atoms with van der Waals surface area (Å²) < 4.78 is 0. The quantitative estimate of drug-likeness (QED) is 0.518. The third-order valence-corrected chi connectivity index (χ3v) is 2.16. The second-order valence-corrected chi connectivity index (χ2v) is 5.75. The van der Waals surface area contributed by atoms with Crippen LogP contribution in [0.3, 0.4) is 0 Å². The molecule has 0 aliphatic carbocycles. The van der Waals surface area contributed by atoms with Crippen molar-refractivity contribution in [3.05, 3.63) is 71.4 Å². The van der Waals surface area contributed by atoms with Crippen molar-refractivity contribution in [3.8, 4) is 0 Å². The van der Waals surface area contributed by atoms with E-state index in [0.29, 0.717) is 0 Å². The number of ketones is 3. The van der Waals surface area contributed by atoms with Crippen molar-refractivity contribution >= 4 is 17.3 Å². The van der Waals surface area contributed by atoms with Crippen LogP contribution in [0.5, 0.6) is 0 Å². The van der Waals surface area contributed by atoms with Gasteiger partial charge in [0.1, 0.15) is 0 Å². The first-order valence-electron chi connectivity index (χ1n) is 8.37. The Bertz CT molecular complexity index is 610. The van der Waals surface area contributed by atoms with Crippen molar-refractivity contribution in [2.45, 2.75) is 48.5 Å². The Morgan fingerprint density at radius 1 is 0.621 bits per heavy atom. The van der Waals surface area contributed by atoms with Crippen LogP contribution in [0.25, 0.3) is 0 Å². The minimum atomic E-state index is -0.187. The van der Waals surface area contributed by atoms with Crippen LogP contribution in [0.4, 0.5) is 0 Å². The molecular weight excluding hydrogens is 412 g/mol. The van der Waals surface area contributed by atoms with E-state index in [1.165, 1.54) is 47.1 Å². The van der Waals surface area contributed by atoms with Crippen molar-refractivity contribution in [1.29, 1.82) is 0 Å². The van der Waals surface area contributed by atoms with Crippen LogP contribution < -0.4 is 15.3 Å². The Balaban J connectivity index is -0.000000142. The van der Waals surface area contributed by atoms with Gasteiger partial charge in [-0.2, -0.15) is 0 Å². The van der Waals surface area contributed by atoms with Gasteiger partial charge in [-0.15, -0.1) is 17.3 Å². The van der Waals surface area contributed by atoms with E-state index in [9.17, 15) is 29.7 Å². The molecule has 1 aromatic rings. The zero-order chi connectivity index (χ0) is 22.7. The molecule has 0 saturated heterocycles. The van der Waals surface area contributed by atoms with E-state index in [4.69, 9.17) is 0 Å². The number of benzene rings is 1. The second-order valence-electron chi connectivity index (χ2n) is 5.75. The fraction of sp³-hybridized carbons (Fsp3) is 0.318. The molecule has 0 amide bonds. The van der Waals surface area contributed by atoms with Gasteiger partial charge in [0, 0.05) is 0 Å². The number of allylic oxidation sites excluding steroid dienone is 6. The van der Waals surface area contributed by atoms with Crippen LogP contribution in [0, 0.1) is 6.92 Å². The summed E-state index contributed by atoms with van der Waals surface area (Å²) in [7, 11) is 0. The van der Waals surface area contributed by atoms with E-state index in [1.54, 1.807) is 0 Å². The van der Waals surface area contributed by atoms with E-state index in [2.05, 4.69) is 19.1 Å². The average Bonchev–Trinajstić information content (AvgIpc) is 2.45. The Morgan fingerprint density at radius 2 is 0.862 bits per heavy atom. The summed E-state index contributed by atoms with van der Waals surface area (Å²) in [5.74, 6) is -1.12. The van der Waals surface area contributed by atoms with Crippen LogP contribution in [0.1, 0.15) is 47.1 Å². The van der Waals surface area contributed by atoms with Crippen LogP contribution in [0.15, 0.2) is 65.8 Å². The van der Waals surface area contributed by atoms with Gasteiger partial charge in [0.05, 0.1) is 0 Å². The third kappa shape index (κ3) is 45.9. The number of carbonyl (C=O) groups excluding carboxylic acids is 3. The molecule has 0 heterocycles. The molecular formula is C22H29CrO6. The zero-order valence-electron chi connectivity index (χ0n) is 18.0. The number of aryl methyl sites for hydroxylation is 1. The van der Waals surface area contributed by atoms with E-state index in [-0.39, 0.29) is 52.0 Å². The van der Waals surface area contributed by atoms with E-state index in [1.807, 2.05) is 18.2 Å². The molecule has 1 radical (unpaired) electrons. The van der Waals surface area contributed by atoms with E-state index >= 15 is 0 Å². The number of hydrogen-bond donors (Lipinski definition) is 0. The largest absolute Gasteiger partial charge is 3.00 e. The van der Waals surface area contributed by atoms with Crippen molar-refractivity contribution in [2.24, 2.45) is 0 Å². The van der Waals surface area contributed by atoms with E-state index in [0.717, 1.165) is 18.2 Å². The van der Waals surface area contributed by atoms with E-state index < -0.39 is 0 Å². The minimum Gasteiger partial charge on any atom is -0.876 e. The fourth-order valence-electron chi connectivity index (χ4n) is 1.39. The molecule has 7 heteroatoms. The van der Waals surface area contributed by atoms with Crippen molar-refractivity contribution in [3.63, 3.8) is 0 Å². The van der Waals surface area contributed by atoms with Gasteiger partial charge < -0.3 is 15.3 Å². The Kier molecular flexibility index (Phi) is 25.4. The van der Waals surface area contributed by atoms with Crippen LogP contribution in [-0.2, 0) is 31.7 Å². The van der Waals surface area contributed by atoms with Crippen LogP contribution in [0.2, 0.25) is 0 Å². The molecule has 0 aliphatic heterocycles. The zero-order valence-corrected chi connectivity index (χ0v) is 19.3. The average molecular weight is 441 g/mol. The van der Waals surface area contributed by atoms with Crippen molar-refractivity contribution < 1.29 is 47.1 Å². The van der Waals surface area contributed by atoms with Gasteiger partial charge in [-0.25, -0.2) is 0 Å². The maximum absolute atomic E-state index is 9.98. The maximum atomic E-state index is 9.98. The third-order valence-electron chi connectivity index (χ3n) is 2.16. The molecule has 0 aromatic heterocycles. The summed E-state index contributed by atoms with van der Waals surface area (Å²) in [6.45, 7) is 10.2. The molecule has 29 heavy (non-hydrogen) atoms. The molecule has 0 fully saturated rings. The molecule has 0 atom stereocenters. The molecule has 0 N–H and O–H groups in total. The van der Waals surface area contributed by atoms with Gasteiger partial charge in [-0.05, 0) is 45.9 Å². The summed E-state index contributed by atoms with van der Waals surface area (Å²) in [4.78, 5) is 29.9. The summed E-state index contributed by atoms with van der Waals surface area (Å²) in [5.41, 5.74) is 1.32. The van der Waals surface area contributed by atoms with Gasteiger partial charge in [0.25, 0.3) is 0 Å². The molecule has 159 valence electrons. The summed E-state index contributed by atoms with van der Waals surface area (Å²) >= 11 is 0. The fourth-order valence-corrected chi connectivity index (χ4v) is 1.39. The Morgan fingerprint density at radius 3 is 0.931 bits per heavy atom. The normalized spacial score (nSPS) is 10.4. The molecule has 0 bridgehead atoms. The minimum absolute atomic E-state index is 0.